The van der Waals surface area contributed by atoms with E-state index in [0.717, 1.165) is 11.1 Å². The van der Waals surface area contributed by atoms with E-state index >= 15 is 0 Å². The molecule has 0 fully saturated rings. The standard InChI is InChI=1S/C18H16ClNO4/c1-22-15-8-5-12(9-16(15)23-2)17-14(10-21)18(24-20-17)11-3-6-13(19)7-4-11/h3-9,21H,10H2,1-2H3. The lowest BCUT2D eigenvalue weighted by Gasteiger charge is -2.09. The second kappa shape index (κ2) is 6.95. The predicted octanol–water partition coefficient (Wildman–Crippen LogP) is 4.17. The summed E-state index contributed by atoms with van der Waals surface area (Å²) in [6.45, 7) is -0.203. The zero-order valence-electron chi connectivity index (χ0n) is 13.2. The molecule has 3 aromatic rings. The molecule has 3 rings (SSSR count). The molecule has 0 saturated heterocycles. The summed E-state index contributed by atoms with van der Waals surface area (Å²) in [6.07, 6.45) is 0. The summed E-state index contributed by atoms with van der Waals surface area (Å²) >= 11 is 5.91. The summed E-state index contributed by atoms with van der Waals surface area (Å²) in [5.74, 6) is 1.71. The molecule has 0 bridgehead atoms. The number of ether oxygens (including phenoxy) is 2. The van der Waals surface area contributed by atoms with Gasteiger partial charge in [-0.05, 0) is 42.5 Å². The van der Waals surface area contributed by atoms with Gasteiger partial charge in [0.05, 0.1) is 26.4 Å². The Kier molecular flexibility index (Phi) is 4.74. The molecule has 0 aliphatic heterocycles. The Morgan fingerprint density at radius 3 is 2.29 bits per heavy atom. The van der Waals surface area contributed by atoms with Gasteiger partial charge in [0.25, 0.3) is 0 Å². The van der Waals surface area contributed by atoms with Gasteiger partial charge in [0.2, 0.25) is 0 Å². The first-order valence-corrected chi connectivity index (χ1v) is 7.63. The lowest BCUT2D eigenvalue weighted by molar-refractivity contribution is 0.281. The highest BCUT2D eigenvalue weighted by molar-refractivity contribution is 6.30. The number of methoxy groups -OCH3 is 2. The Morgan fingerprint density at radius 2 is 1.67 bits per heavy atom. The fourth-order valence-electron chi connectivity index (χ4n) is 2.49. The maximum atomic E-state index is 9.81. The number of halogens is 1. The minimum atomic E-state index is -0.203. The number of benzene rings is 2. The zero-order valence-corrected chi connectivity index (χ0v) is 14.0. The van der Waals surface area contributed by atoms with E-state index in [9.17, 15) is 5.11 Å². The van der Waals surface area contributed by atoms with Crippen molar-refractivity contribution >= 4 is 11.6 Å². The summed E-state index contributed by atoms with van der Waals surface area (Å²) < 4.78 is 16.0. The number of hydrogen-bond acceptors (Lipinski definition) is 5. The number of rotatable bonds is 5. The van der Waals surface area contributed by atoms with E-state index < -0.39 is 0 Å². The van der Waals surface area contributed by atoms with E-state index in [1.165, 1.54) is 0 Å². The van der Waals surface area contributed by atoms with E-state index in [-0.39, 0.29) is 6.61 Å². The lowest BCUT2D eigenvalue weighted by Crippen LogP contribution is -1.93. The summed E-state index contributed by atoms with van der Waals surface area (Å²) in [7, 11) is 3.14. The first-order chi connectivity index (χ1) is 11.7. The van der Waals surface area contributed by atoms with Crippen molar-refractivity contribution in [3.8, 4) is 34.1 Å². The Balaban J connectivity index is 2.08. The van der Waals surface area contributed by atoms with Gasteiger partial charge in [0, 0.05) is 16.1 Å². The molecule has 1 N–H and O–H groups in total. The normalized spacial score (nSPS) is 10.7. The van der Waals surface area contributed by atoms with Crippen molar-refractivity contribution in [2.75, 3.05) is 14.2 Å². The van der Waals surface area contributed by atoms with Crippen LogP contribution in [0.4, 0.5) is 0 Å². The van der Waals surface area contributed by atoms with Crippen LogP contribution in [-0.4, -0.2) is 24.5 Å². The van der Waals surface area contributed by atoms with E-state index in [1.54, 1.807) is 38.5 Å². The highest BCUT2D eigenvalue weighted by atomic mass is 35.5. The van der Waals surface area contributed by atoms with Crippen LogP contribution in [0.2, 0.25) is 5.02 Å². The third-order valence-corrected chi connectivity index (χ3v) is 3.96. The smallest absolute Gasteiger partial charge is 0.173 e. The molecular formula is C18H16ClNO4. The van der Waals surface area contributed by atoms with Crippen molar-refractivity contribution in [1.29, 1.82) is 0 Å². The Bertz CT molecular complexity index is 843. The highest BCUT2D eigenvalue weighted by Gasteiger charge is 2.19. The molecule has 5 nitrogen and oxygen atoms in total. The van der Waals surface area contributed by atoms with Crippen LogP contribution < -0.4 is 9.47 Å². The van der Waals surface area contributed by atoms with Crippen LogP contribution in [-0.2, 0) is 6.61 Å². The molecule has 0 aliphatic rings. The van der Waals surface area contributed by atoms with Gasteiger partial charge in [0.1, 0.15) is 5.69 Å². The van der Waals surface area contributed by atoms with E-state index in [0.29, 0.717) is 33.5 Å². The van der Waals surface area contributed by atoms with Crippen LogP contribution in [0, 0.1) is 0 Å². The van der Waals surface area contributed by atoms with Gasteiger partial charge in [-0.2, -0.15) is 0 Å². The predicted molar refractivity (Wildman–Crippen MR) is 91.4 cm³/mol. The second-order valence-electron chi connectivity index (χ2n) is 5.07. The van der Waals surface area contributed by atoms with Gasteiger partial charge in [-0.25, -0.2) is 0 Å². The van der Waals surface area contributed by atoms with Gasteiger partial charge in [-0.15, -0.1) is 0 Å². The molecule has 0 unspecified atom stereocenters. The van der Waals surface area contributed by atoms with Crippen molar-refractivity contribution < 1.29 is 19.1 Å². The van der Waals surface area contributed by atoms with Gasteiger partial charge in [-0.1, -0.05) is 16.8 Å². The molecule has 24 heavy (non-hydrogen) atoms. The van der Waals surface area contributed by atoms with Crippen molar-refractivity contribution in [2.24, 2.45) is 0 Å². The molecule has 0 saturated carbocycles. The average molecular weight is 346 g/mol. The lowest BCUT2D eigenvalue weighted by atomic mass is 10.0. The maximum Gasteiger partial charge on any atom is 0.173 e. The third-order valence-electron chi connectivity index (χ3n) is 3.71. The van der Waals surface area contributed by atoms with Crippen LogP contribution >= 0.6 is 11.6 Å². The van der Waals surface area contributed by atoms with Crippen LogP contribution in [0.5, 0.6) is 11.5 Å². The van der Waals surface area contributed by atoms with Gasteiger partial charge >= 0.3 is 0 Å². The quantitative estimate of drug-likeness (QED) is 0.751. The van der Waals surface area contributed by atoms with Crippen molar-refractivity contribution in [2.45, 2.75) is 6.61 Å². The molecule has 0 spiro atoms. The molecule has 0 amide bonds. The van der Waals surface area contributed by atoms with Crippen LogP contribution in [0.3, 0.4) is 0 Å². The molecule has 6 heteroatoms. The van der Waals surface area contributed by atoms with E-state index in [2.05, 4.69) is 5.16 Å². The Hall–Kier alpha value is -2.50. The van der Waals surface area contributed by atoms with Crippen LogP contribution in [0.25, 0.3) is 22.6 Å². The number of hydrogen-bond donors (Lipinski definition) is 1. The molecule has 0 aliphatic carbocycles. The van der Waals surface area contributed by atoms with E-state index in [1.807, 2.05) is 18.2 Å². The molecule has 1 aromatic heterocycles. The molecule has 124 valence electrons. The minimum Gasteiger partial charge on any atom is -0.493 e. The Labute approximate surface area is 144 Å². The topological polar surface area (TPSA) is 64.7 Å². The fraction of sp³-hybridized carbons (Fsp3) is 0.167. The van der Waals surface area contributed by atoms with Crippen molar-refractivity contribution in [3.05, 3.63) is 53.1 Å². The highest BCUT2D eigenvalue weighted by Crippen LogP contribution is 2.36. The molecule has 2 aromatic carbocycles. The number of aromatic nitrogens is 1. The summed E-state index contributed by atoms with van der Waals surface area (Å²) in [6, 6.07) is 12.6. The molecule has 0 atom stereocenters. The van der Waals surface area contributed by atoms with Crippen molar-refractivity contribution in [3.63, 3.8) is 0 Å². The van der Waals surface area contributed by atoms with Crippen LogP contribution in [0.15, 0.2) is 47.0 Å². The molecule has 0 radical (unpaired) electrons. The summed E-state index contributed by atoms with van der Waals surface area (Å²) in [5.41, 5.74) is 2.72. The SMILES string of the molecule is COc1ccc(-c2noc(-c3ccc(Cl)cc3)c2CO)cc1OC. The monoisotopic (exact) mass is 345 g/mol. The van der Waals surface area contributed by atoms with Gasteiger partial charge in [0.15, 0.2) is 17.3 Å². The zero-order chi connectivity index (χ0) is 17.1. The average Bonchev–Trinajstić information content (AvgIpc) is 3.05. The summed E-state index contributed by atoms with van der Waals surface area (Å²) in [4.78, 5) is 0. The first kappa shape index (κ1) is 16.4. The fourth-order valence-corrected chi connectivity index (χ4v) is 2.62. The number of aliphatic hydroxyl groups is 1. The van der Waals surface area contributed by atoms with E-state index in [4.69, 9.17) is 25.6 Å². The maximum absolute atomic E-state index is 9.81. The molecule has 1 heterocycles. The summed E-state index contributed by atoms with van der Waals surface area (Å²) in [5, 5.41) is 14.6. The van der Waals surface area contributed by atoms with Gasteiger partial charge in [-0.3, -0.25) is 0 Å². The third kappa shape index (κ3) is 2.96. The number of nitrogens with zero attached hydrogens (tertiary/aromatic N) is 1. The number of aliphatic hydroxyl groups excluding tert-OH is 1. The van der Waals surface area contributed by atoms with Crippen LogP contribution in [0.1, 0.15) is 5.56 Å². The molecular weight excluding hydrogens is 330 g/mol. The van der Waals surface area contributed by atoms with Crippen molar-refractivity contribution in [1.82, 2.24) is 5.16 Å². The Morgan fingerprint density at radius 1 is 1.00 bits per heavy atom. The second-order valence-corrected chi connectivity index (χ2v) is 5.51. The van der Waals surface area contributed by atoms with Gasteiger partial charge < -0.3 is 19.1 Å². The first-order valence-electron chi connectivity index (χ1n) is 7.25. The largest absolute Gasteiger partial charge is 0.493 e. The minimum absolute atomic E-state index is 0.203.